The van der Waals surface area contributed by atoms with Crippen LogP contribution in [0.3, 0.4) is 0 Å². The van der Waals surface area contributed by atoms with Gasteiger partial charge >= 0.3 is 5.97 Å². The highest BCUT2D eigenvalue weighted by atomic mass is 16.4. The van der Waals surface area contributed by atoms with Crippen molar-refractivity contribution >= 4 is 17.7 Å². The van der Waals surface area contributed by atoms with Crippen molar-refractivity contribution in [3.63, 3.8) is 0 Å². The number of pyridine rings is 1. The van der Waals surface area contributed by atoms with Gasteiger partial charge in [-0.05, 0) is 19.1 Å². The molecule has 0 spiro atoms. The molecular formula is C10H13N3O3. The zero-order valence-corrected chi connectivity index (χ0v) is 8.88. The number of primary amides is 1. The van der Waals surface area contributed by atoms with E-state index in [1.165, 1.54) is 23.2 Å². The molecule has 0 unspecified atom stereocenters. The predicted molar refractivity (Wildman–Crippen MR) is 58.3 cm³/mol. The van der Waals surface area contributed by atoms with E-state index in [0.717, 1.165) is 0 Å². The highest BCUT2D eigenvalue weighted by molar-refractivity contribution is 5.94. The summed E-state index contributed by atoms with van der Waals surface area (Å²) in [6, 6.07) is 2.97. The standard InChI is InChI=1S/C10H13N3O3/c1-2-13(6-8(11)14)9-7(10(15)16)4-3-5-12-9/h3-5H,2,6H2,1H3,(H2,11,14)(H,15,16). The van der Waals surface area contributed by atoms with Gasteiger partial charge in [0.05, 0.1) is 6.54 Å². The topological polar surface area (TPSA) is 96.5 Å². The van der Waals surface area contributed by atoms with Crippen LogP contribution in [0.5, 0.6) is 0 Å². The molecule has 0 radical (unpaired) electrons. The second-order valence-corrected chi connectivity index (χ2v) is 3.16. The highest BCUT2D eigenvalue weighted by Crippen LogP contribution is 2.16. The Balaban J connectivity index is 3.08. The first kappa shape index (κ1) is 12.0. The number of aromatic nitrogens is 1. The van der Waals surface area contributed by atoms with Gasteiger partial charge in [-0.25, -0.2) is 9.78 Å². The SMILES string of the molecule is CCN(CC(N)=O)c1ncccc1C(=O)O. The second-order valence-electron chi connectivity index (χ2n) is 3.16. The van der Waals surface area contributed by atoms with E-state index >= 15 is 0 Å². The van der Waals surface area contributed by atoms with Crippen LogP contribution in [0, 0.1) is 0 Å². The Hall–Kier alpha value is -2.11. The number of carboxylic acid groups (broad SMARTS) is 1. The lowest BCUT2D eigenvalue weighted by atomic mass is 10.2. The van der Waals surface area contributed by atoms with Crippen LogP contribution in [0.4, 0.5) is 5.82 Å². The van der Waals surface area contributed by atoms with E-state index in [0.29, 0.717) is 6.54 Å². The van der Waals surface area contributed by atoms with Gasteiger partial charge in [0.25, 0.3) is 0 Å². The molecule has 1 aromatic rings. The van der Waals surface area contributed by atoms with Gasteiger partial charge in [0.1, 0.15) is 11.4 Å². The molecule has 0 saturated heterocycles. The van der Waals surface area contributed by atoms with Crippen LogP contribution in [0.2, 0.25) is 0 Å². The number of amides is 1. The van der Waals surface area contributed by atoms with Crippen molar-refractivity contribution in [3.05, 3.63) is 23.9 Å². The van der Waals surface area contributed by atoms with Crippen LogP contribution in [-0.2, 0) is 4.79 Å². The molecule has 0 aliphatic rings. The molecule has 3 N–H and O–H groups in total. The number of carbonyl (C=O) groups is 2. The summed E-state index contributed by atoms with van der Waals surface area (Å²) in [4.78, 5) is 27.3. The number of nitrogens with two attached hydrogens (primary N) is 1. The predicted octanol–water partition coefficient (Wildman–Crippen LogP) is 0.0914. The third kappa shape index (κ3) is 2.69. The van der Waals surface area contributed by atoms with Crippen molar-refractivity contribution in [3.8, 4) is 0 Å². The summed E-state index contributed by atoms with van der Waals surface area (Å²) in [5, 5.41) is 8.96. The Kier molecular flexibility index (Phi) is 3.82. The molecule has 0 bridgehead atoms. The first-order valence-corrected chi connectivity index (χ1v) is 4.77. The molecule has 86 valence electrons. The molecular weight excluding hydrogens is 210 g/mol. The van der Waals surface area contributed by atoms with Gasteiger partial charge in [0.2, 0.25) is 5.91 Å². The molecule has 1 aromatic heterocycles. The summed E-state index contributed by atoms with van der Waals surface area (Å²) in [6.07, 6.45) is 1.48. The number of anilines is 1. The zero-order chi connectivity index (χ0) is 12.1. The lowest BCUT2D eigenvalue weighted by molar-refractivity contribution is -0.116. The lowest BCUT2D eigenvalue weighted by Gasteiger charge is -2.21. The Morgan fingerprint density at radius 3 is 2.75 bits per heavy atom. The molecule has 6 heteroatoms. The van der Waals surface area contributed by atoms with Gasteiger partial charge in [-0.15, -0.1) is 0 Å². The minimum Gasteiger partial charge on any atom is -0.478 e. The Bertz CT molecular complexity index is 406. The summed E-state index contributed by atoms with van der Waals surface area (Å²) in [7, 11) is 0. The average Bonchev–Trinajstić information content (AvgIpc) is 2.25. The van der Waals surface area contributed by atoms with Gasteiger partial charge in [0, 0.05) is 12.7 Å². The molecule has 0 saturated carbocycles. The second kappa shape index (κ2) is 5.11. The van der Waals surface area contributed by atoms with Crippen LogP contribution in [-0.4, -0.2) is 35.1 Å². The number of hydrogen-bond acceptors (Lipinski definition) is 4. The third-order valence-corrected chi connectivity index (χ3v) is 2.05. The molecule has 6 nitrogen and oxygen atoms in total. The van der Waals surface area contributed by atoms with Crippen LogP contribution >= 0.6 is 0 Å². The van der Waals surface area contributed by atoms with E-state index in [2.05, 4.69) is 4.98 Å². The third-order valence-electron chi connectivity index (χ3n) is 2.05. The summed E-state index contributed by atoms with van der Waals surface area (Å²) in [5.41, 5.74) is 5.14. The molecule has 0 fully saturated rings. The molecule has 1 rings (SSSR count). The Morgan fingerprint density at radius 2 is 2.25 bits per heavy atom. The molecule has 0 atom stereocenters. The van der Waals surface area contributed by atoms with E-state index in [4.69, 9.17) is 10.8 Å². The van der Waals surface area contributed by atoms with E-state index in [-0.39, 0.29) is 17.9 Å². The number of aromatic carboxylic acids is 1. The van der Waals surface area contributed by atoms with Crippen LogP contribution in [0.1, 0.15) is 17.3 Å². The number of rotatable bonds is 5. The summed E-state index contributed by atoms with van der Waals surface area (Å²) < 4.78 is 0. The van der Waals surface area contributed by atoms with Gasteiger partial charge in [-0.3, -0.25) is 4.79 Å². The normalized spacial score (nSPS) is 9.81. The molecule has 16 heavy (non-hydrogen) atoms. The van der Waals surface area contributed by atoms with Crippen LogP contribution in [0.15, 0.2) is 18.3 Å². The highest BCUT2D eigenvalue weighted by Gasteiger charge is 2.17. The van der Waals surface area contributed by atoms with E-state index in [1.54, 1.807) is 6.92 Å². The fraction of sp³-hybridized carbons (Fsp3) is 0.300. The first-order chi connectivity index (χ1) is 7.56. The molecule has 0 aliphatic heterocycles. The molecule has 0 aromatic carbocycles. The molecule has 1 heterocycles. The van der Waals surface area contributed by atoms with Crippen molar-refractivity contribution in [2.24, 2.45) is 5.73 Å². The number of nitrogens with zero attached hydrogens (tertiary/aromatic N) is 2. The minimum absolute atomic E-state index is 0.0478. The number of carboxylic acids is 1. The van der Waals surface area contributed by atoms with Crippen molar-refractivity contribution in [2.45, 2.75) is 6.92 Å². The van der Waals surface area contributed by atoms with E-state index in [9.17, 15) is 9.59 Å². The van der Waals surface area contributed by atoms with Gasteiger partial charge in [0.15, 0.2) is 0 Å². The maximum Gasteiger partial charge on any atom is 0.339 e. The Morgan fingerprint density at radius 1 is 1.56 bits per heavy atom. The smallest absolute Gasteiger partial charge is 0.339 e. The largest absolute Gasteiger partial charge is 0.478 e. The summed E-state index contributed by atoms with van der Waals surface area (Å²) in [6.45, 7) is 2.21. The zero-order valence-electron chi connectivity index (χ0n) is 8.88. The summed E-state index contributed by atoms with van der Waals surface area (Å²) in [5.74, 6) is -1.34. The first-order valence-electron chi connectivity index (χ1n) is 4.77. The minimum atomic E-state index is -1.08. The maximum atomic E-state index is 10.9. The monoisotopic (exact) mass is 223 g/mol. The molecule has 0 aliphatic carbocycles. The number of likely N-dealkylation sites (N-methyl/N-ethyl adjacent to an activating group) is 1. The van der Waals surface area contributed by atoms with E-state index < -0.39 is 11.9 Å². The van der Waals surface area contributed by atoms with Crippen molar-refractivity contribution in [2.75, 3.05) is 18.0 Å². The fourth-order valence-electron chi connectivity index (χ4n) is 1.34. The number of hydrogen-bond donors (Lipinski definition) is 2. The average molecular weight is 223 g/mol. The maximum absolute atomic E-state index is 10.9. The van der Waals surface area contributed by atoms with Crippen LogP contribution in [0.25, 0.3) is 0 Å². The van der Waals surface area contributed by atoms with Gasteiger partial charge in [-0.2, -0.15) is 0 Å². The fourth-order valence-corrected chi connectivity index (χ4v) is 1.34. The van der Waals surface area contributed by atoms with Crippen molar-refractivity contribution < 1.29 is 14.7 Å². The number of carbonyl (C=O) groups excluding carboxylic acids is 1. The summed E-state index contributed by atoms with van der Waals surface area (Å²) >= 11 is 0. The Labute approximate surface area is 92.7 Å². The van der Waals surface area contributed by atoms with Crippen molar-refractivity contribution in [1.29, 1.82) is 0 Å². The quantitative estimate of drug-likeness (QED) is 0.737. The van der Waals surface area contributed by atoms with Crippen molar-refractivity contribution in [1.82, 2.24) is 4.98 Å². The van der Waals surface area contributed by atoms with E-state index in [1.807, 2.05) is 0 Å². The lowest BCUT2D eigenvalue weighted by Crippen LogP contribution is -2.35. The molecule has 1 amide bonds. The van der Waals surface area contributed by atoms with Gasteiger partial charge < -0.3 is 15.7 Å². The van der Waals surface area contributed by atoms with Crippen LogP contribution < -0.4 is 10.6 Å². The van der Waals surface area contributed by atoms with Gasteiger partial charge in [-0.1, -0.05) is 0 Å².